The van der Waals surface area contributed by atoms with E-state index in [9.17, 15) is 9.90 Å². The number of aliphatic hydroxyl groups is 2. The first-order valence-electron chi connectivity index (χ1n) is 5.77. The molecule has 0 bridgehead atoms. The van der Waals surface area contributed by atoms with Gasteiger partial charge in [0.1, 0.15) is 11.5 Å². The fourth-order valence-corrected chi connectivity index (χ4v) is 2.19. The van der Waals surface area contributed by atoms with Crippen molar-refractivity contribution >= 4 is 17.0 Å². The number of aromatic nitrogens is 4. The van der Waals surface area contributed by atoms with E-state index >= 15 is 0 Å². The molecule has 1 aliphatic rings. The second-order valence-corrected chi connectivity index (χ2v) is 4.39. The number of nitrogens with zero attached hydrogens (tertiary/aromatic N) is 3. The molecule has 2 aromatic heterocycles. The number of ether oxygens (including phenoxy) is 1. The van der Waals surface area contributed by atoms with Crippen LogP contribution in [0.3, 0.4) is 0 Å². The lowest BCUT2D eigenvalue weighted by molar-refractivity contribution is -0.0470. The molecule has 9 heteroatoms. The summed E-state index contributed by atoms with van der Waals surface area (Å²) in [6.45, 7) is -0.285. The number of fused-ring (bicyclic) bond motifs is 1. The van der Waals surface area contributed by atoms with E-state index < -0.39 is 18.4 Å². The molecular formula is C10H13N5O4. The van der Waals surface area contributed by atoms with Crippen LogP contribution in [0, 0.1) is 0 Å². The van der Waals surface area contributed by atoms with Gasteiger partial charge in [-0.25, -0.2) is 4.68 Å². The molecule has 3 unspecified atom stereocenters. The third-order valence-corrected chi connectivity index (χ3v) is 3.14. The van der Waals surface area contributed by atoms with Crippen LogP contribution in [0.5, 0.6) is 0 Å². The molecule has 0 aromatic carbocycles. The second-order valence-electron chi connectivity index (χ2n) is 4.39. The molecule has 0 saturated carbocycles. The van der Waals surface area contributed by atoms with Gasteiger partial charge in [0.05, 0.1) is 18.9 Å². The minimum atomic E-state index is -0.784. The lowest BCUT2D eigenvalue weighted by Crippen LogP contribution is -2.24. The molecule has 19 heavy (non-hydrogen) atoms. The van der Waals surface area contributed by atoms with Crippen LogP contribution in [-0.4, -0.2) is 48.8 Å². The van der Waals surface area contributed by atoms with Crippen molar-refractivity contribution in [3.8, 4) is 0 Å². The minimum absolute atomic E-state index is 0.0171. The second kappa shape index (κ2) is 4.30. The average molecular weight is 267 g/mol. The molecule has 1 saturated heterocycles. The first kappa shape index (κ1) is 12.1. The maximum absolute atomic E-state index is 11.7. The zero-order valence-corrected chi connectivity index (χ0v) is 9.85. The molecule has 3 rings (SSSR count). The fourth-order valence-electron chi connectivity index (χ4n) is 2.19. The van der Waals surface area contributed by atoms with Gasteiger partial charge in [0.15, 0.2) is 11.9 Å². The molecule has 0 aliphatic carbocycles. The summed E-state index contributed by atoms with van der Waals surface area (Å²) in [6.07, 6.45) is -0.408. The Morgan fingerprint density at radius 3 is 3.11 bits per heavy atom. The van der Waals surface area contributed by atoms with Gasteiger partial charge in [-0.15, -0.1) is 0 Å². The third-order valence-electron chi connectivity index (χ3n) is 3.14. The molecule has 5 N–H and O–H groups in total. The quantitative estimate of drug-likeness (QED) is 0.510. The van der Waals surface area contributed by atoms with Crippen molar-refractivity contribution in [3.05, 3.63) is 16.6 Å². The maximum Gasteiger partial charge on any atom is 0.263 e. The molecule has 3 atom stereocenters. The van der Waals surface area contributed by atoms with Crippen molar-refractivity contribution in [2.24, 2.45) is 0 Å². The molecule has 2 aromatic rings. The predicted octanol–water partition coefficient (Wildman–Crippen LogP) is -1.66. The number of hydrogen-bond donors (Lipinski definition) is 4. The molecule has 9 nitrogen and oxygen atoms in total. The summed E-state index contributed by atoms with van der Waals surface area (Å²) in [5.74, 6) is -0.0171. The third kappa shape index (κ3) is 1.87. The number of aliphatic hydroxyl groups excluding tert-OH is 2. The normalized spacial score (nSPS) is 27.2. The van der Waals surface area contributed by atoms with Crippen molar-refractivity contribution in [1.29, 1.82) is 0 Å². The Bertz CT molecular complexity index is 665. The zero-order chi connectivity index (χ0) is 13.6. The van der Waals surface area contributed by atoms with E-state index in [1.165, 1.54) is 10.9 Å². The van der Waals surface area contributed by atoms with Crippen LogP contribution in [0.2, 0.25) is 0 Å². The first-order valence-corrected chi connectivity index (χ1v) is 5.77. The van der Waals surface area contributed by atoms with Gasteiger partial charge in [0, 0.05) is 6.42 Å². The minimum Gasteiger partial charge on any atom is -0.394 e. The largest absolute Gasteiger partial charge is 0.394 e. The number of nitrogens with two attached hydrogens (primary N) is 1. The molecule has 0 amide bonds. The highest BCUT2D eigenvalue weighted by molar-refractivity contribution is 5.74. The Morgan fingerprint density at radius 2 is 2.42 bits per heavy atom. The van der Waals surface area contributed by atoms with Crippen molar-refractivity contribution in [2.45, 2.75) is 24.9 Å². The molecule has 1 aliphatic heterocycles. The van der Waals surface area contributed by atoms with Crippen LogP contribution in [0.1, 0.15) is 12.6 Å². The van der Waals surface area contributed by atoms with Gasteiger partial charge in [-0.05, 0) is 0 Å². The Kier molecular flexibility index (Phi) is 2.73. The Morgan fingerprint density at radius 1 is 1.63 bits per heavy atom. The summed E-state index contributed by atoms with van der Waals surface area (Å²) in [6, 6.07) is 0. The van der Waals surface area contributed by atoms with Crippen molar-refractivity contribution in [3.63, 3.8) is 0 Å². The van der Waals surface area contributed by atoms with Gasteiger partial charge in [-0.3, -0.25) is 9.78 Å². The lowest BCUT2D eigenvalue weighted by Gasteiger charge is -2.12. The van der Waals surface area contributed by atoms with Crippen molar-refractivity contribution in [1.82, 2.24) is 19.7 Å². The van der Waals surface area contributed by atoms with E-state index in [-0.39, 0.29) is 30.2 Å². The van der Waals surface area contributed by atoms with E-state index in [2.05, 4.69) is 15.1 Å². The van der Waals surface area contributed by atoms with Crippen molar-refractivity contribution < 1.29 is 14.9 Å². The number of H-pyrrole nitrogens is 1. The van der Waals surface area contributed by atoms with Gasteiger partial charge in [0.25, 0.3) is 5.56 Å². The highest BCUT2D eigenvalue weighted by Gasteiger charge is 2.35. The smallest absolute Gasteiger partial charge is 0.263 e. The number of nitrogens with one attached hydrogen (secondary N) is 1. The number of anilines is 1. The average Bonchev–Trinajstić information content (AvgIpc) is 2.92. The number of hydrogen-bond acceptors (Lipinski definition) is 7. The fraction of sp³-hybridized carbons (Fsp3) is 0.500. The Labute approximate surface area is 106 Å². The van der Waals surface area contributed by atoms with E-state index in [1.807, 2.05) is 0 Å². The van der Waals surface area contributed by atoms with E-state index in [4.69, 9.17) is 15.6 Å². The molecular weight excluding hydrogens is 254 g/mol. The van der Waals surface area contributed by atoms with E-state index in [0.29, 0.717) is 5.39 Å². The Balaban J connectivity index is 2.05. The van der Waals surface area contributed by atoms with Crippen LogP contribution in [0.15, 0.2) is 11.0 Å². The van der Waals surface area contributed by atoms with Crippen LogP contribution >= 0.6 is 0 Å². The molecule has 0 radical (unpaired) electrons. The molecule has 3 heterocycles. The van der Waals surface area contributed by atoms with Gasteiger partial charge < -0.3 is 20.7 Å². The van der Waals surface area contributed by atoms with Crippen LogP contribution in [0.4, 0.5) is 5.95 Å². The topological polar surface area (TPSA) is 139 Å². The maximum atomic E-state index is 11.7. The number of aromatic amines is 1. The summed E-state index contributed by atoms with van der Waals surface area (Å²) < 4.78 is 6.85. The Hall–Kier alpha value is -1.97. The van der Waals surface area contributed by atoms with Gasteiger partial charge >= 0.3 is 0 Å². The van der Waals surface area contributed by atoms with Crippen molar-refractivity contribution in [2.75, 3.05) is 12.3 Å². The standard InChI is InChI=1S/C10H13N5O4/c11-10-13-8-4(9(18)14-10)2-12-15(8)7-1-5(17)6(3-16)19-7/h2,5-7,16-17H,1,3H2,(H3,11,13,14,18). The number of nitrogen functional groups attached to an aromatic ring is 1. The van der Waals surface area contributed by atoms with Gasteiger partial charge in [-0.2, -0.15) is 10.1 Å². The first-order chi connectivity index (χ1) is 9.10. The highest BCUT2D eigenvalue weighted by atomic mass is 16.5. The SMILES string of the molecule is Nc1nc2c(cnn2C2CC(O)C(CO)O2)c(=O)[nH]1. The summed E-state index contributed by atoms with van der Waals surface area (Å²) >= 11 is 0. The zero-order valence-electron chi connectivity index (χ0n) is 9.85. The summed E-state index contributed by atoms with van der Waals surface area (Å²) in [5, 5.41) is 23.1. The van der Waals surface area contributed by atoms with Gasteiger partial charge in [-0.1, -0.05) is 0 Å². The van der Waals surface area contributed by atoms with Crippen LogP contribution in [0.25, 0.3) is 11.0 Å². The van der Waals surface area contributed by atoms with E-state index in [0.717, 1.165) is 0 Å². The lowest BCUT2D eigenvalue weighted by atomic mass is 10.2. The van der Waals surface area contributed by atoms with Gasteiger partial charge in [0.2, 0.25) is 5.95 Å². The van der Waals surface area contributed by atoms with Crippen LogP contribution < -0.4 is 11.3 Å². The monoisotopic (exact) mass is 267 g/mol. The molecule has 102 valence electrons. The number of rotatable bonds is 2. The summed E-state index contributed by atoms with van der Waals surface area (Å²) in [5.41, 5.74) is 5.40. The molecule has 0 spiro atoms. The van der Waals surface area contributed by atoms with Crippen LogP contribution in [-0.2, 0) is 4.74 Å². The summed E-state index contributed by atoms with van der Waals surface area (Å²) in [7, 11) is 0. The predicted molar refractivity (Wildman–Crippen MR) is 64.2 cm³/mol. The molecule has 1 fully saturated rings. The van der Waals surface area contributed by atoms with E-state index in [1.54, 1.807) is 0 Å². The highest BCUT2D eigenvalue weighted by Crippen LogP contribution is 2.29. The summed E-state index contributed by atoms with van der Waals surface area (Å²) in [4.78, 5) is 18.0.